The zero-order chi connectivity index (χ0) is 20.4. The van der Waals surface area contributed by atoms with E-state index in [1.807, 2.05) is 30.5 Å². The predicted octanol–water partition coefficient (Wildman–Crippen LogP) is 4.11. The summed E-state index contributed by atoms with van der Waals surface area (Å²) in [5, 5.41) is 10.1. The molecule has 2 aromatic heterocycles. The van der Waals surface area contributed by atoms with Gasteiger partial charge in [0.05, 0.1) is 35.5 Å². The van der Waals surface area contributed by atoms with Gasteiger partial charge >= 0.3 is 5.97 Å². The second-order valence-electron chi connectivity index (χ2n) is 6.38. The Hall–Kier alpha value is -3.30. The van der Waals surface area contributed by atoms with Crippen molar-refractivity contribution in [3.8, 4) is 17.2 Å². The highest BCUT2D eigenvalue weighted by Gasteiger charge is 2.21. The zero-order valence-corrected chi connectivity index (χ0v) is 16.5. The van der Waals surface area contributed by atoms with Gasteiger partial charge in [0.2, 0.25) is 0 Å². The number of carbonyl (C=O) groups is 1. The minimum Gasteiger partial charge on any atom is -0.465 e. The Morgan fingerprint density at radius 3 is 2.57 bits per heavy atom. The number of pyridine rings is 1. The van der Waals surface area contributed by atoms with Crippen LogP contribution in [-0.4, -0.2) is 22.6 Å². The average Bonchev–Trinajstić information content (AvgIpc) is 2.93. The molecule has 0 bridgehead atoms. The minimum atomic E-state index is -0.508. The Balaban J connectivity index is 2.14. The molecule has 7 heteroatoms. The van der Waals surface area contributed by atoms with E-state index in [1.165, 1.54) is 19.4 Å². The van der Waals surface area contributed by atoms with Crippen LogP contribution in [0.1, 0.15) is 33.0 Å². The van der Waals surface area contributed by atoms with E-state index in [4.69, 9.17) is 22.1 Å². The molecule has 0 aliphatic carbocycles. The molecule has 3 rings (SSSR count). The topological polar surface area (TPSA) is 93.9 Å². The van der Waals surface area contributed by atoms with Crippen LogP contribution in [0.4, 0.5) is 5.69 Å². The van der Waals surface area contributed by atoms with Gasteiger partial charge in [-0.15, -0.1) is 0 Å². The van der Waals surface area contributed by atoms with Gasteiger partial charge in [-0.05, 0) is 37.6 Å². The van der Waals surface area contributed by atoms with Crippen LogP contribution < -0.4 is 5.73 Å². The van der Waals surface area contributed by atoms with Gasteiger partial charge in [0.25, 0.3) is 0 Å². The predicted molar refractivity (Wildman–Crippen MR) is 108 cm³/mol. The maximum absolute atomic E-state index is 12.1. The number of ether oxygens (including phenoxy) is 1. The van der Waals surface area contributed by atoms with Crippen molar-refractivity contribution in [2.45, 2.75) is 20.4 Å². The minimum absolute atomic E-state index is 0.301. The van der Waals surface area contributed by atoms with E-state index in [0.29, 0.717) is 34.1 Å². The summed E-state index contributed by atoms with van der Waals surface area (Å²) < 4.78 is 6.81. The van der Waals surface area contributed by atoms with Gasteiger partial charge in [-0.3, -0.25) is 4.98 Å². The number of nitrogens with two attached hydrogens (primary N) is 1. The lowest BCUT2D eigenvalue weighted by Crippen LogP contribution is -2.13. The Labute approximate surface area is 168 Å². The molecule has 2 heterocycles. The molecule has 0 aliphatic rings. The first-order chi connectivity index (χ1) is 13.4. The fourth-order valence-electron chi connectivity index (χ4n) is 3.29. The summed E-state index contributed by atoms with van der Waals surface area (Å²) >= 11 is 6.00. The molecule has 2 N–H and O–H groups in total. The molecule has 0 saturated carbocycles. The molecule has 0 radical (unpaired) electrons. The van der Waals surface area contributed by atoms with Crippen molar-refractivity contribution >= 4 is 23.3 Å². The summed E-state index contributed by atoms with van der Waals surface area (Å²) in [5.74, 6) is -0.508. The first kappa shape index (κ1) is 19.5. The van der Waals surface area contributed by atoms with Gasteiger partial charge in [-0.2, -0.15) is 5.26 Å². The molecule has 1 aromatic carbocycles. The highest BCUT2D eigenvalue weighted by molar-refractivity contribution is 6.30. The molecule has 28 heavy (non-hydrogen) atoms. The first-order valence-electron chi connectivity index (χ1n) is 8.55. The van der Waals surface area contributed by atoms with Gasteiger partial charge in [0, 0.05) is 28.8 Å². The summed E-state index contributed by atoms with van der Waals surface area (Å²) in [4.78, 5) is 16.5. The van der Waals surface area contributed by atoms with Crippen LogP contribution >= 0.6 is 11.6 Å². The molecule has 0 atom stereocenters. The Bertz CT molecular complexity index is 1100. The molecule has 0 fully saturated rings. The van der Waals surface area contributed by atoms with Gasteiger partial charge < -0.3 is 15.0 Å². The van der Waals surface area contributed by atoms with Gasteiger partial charge in [0.15, 0.2) is 0 Å². The summed E-state index contributed by atoms with van der Waals surface area (Å²) in [7, 11) is 1.31. The second-order valence-corrected chi connectivity index (χ2v) is 6.82. The van der Waals surface area contributed by atoms with Crippen LogP contribution in [0.25, 0.3) is 11.1 Å². The number of nitrogens with zero attached hydrogens (tertiary/aromatic N) is 3. The van der Waals surface area contributed by atoms with E-state index in [-0.39, 0.29) is 0 Å². The zero-order valence-electron chi connectivity index (χ0n) is 15.8. The number of methoxy groups -OCH3 is 1. The normalized spacial score (nSPS) is 10.5. The third-order valence-corrected chi connectivity index (χ3v) is 4.95. The quantitative estimate of drug-likeness (QED) is 0.530. The SMILES string of the molecule is COC(=O)c1cc(Cl)cnc1Cn1c(C)c(C#N)c(-c2ccc(N)cc2)c1C. The van der Waals surface area contributed by atoms with Crippen molar-refractivity contribution in [1.82, 2.24) is 9.55 Å². The Kier molecular flexibility index (Phi) is 5.39. The van der Waals surface area contributed by atoms with Gasteiger partial charge in [-0.1, -0.05) is 23.7 Å². The molecule has 0 spiro atoms. The Morgan fingerprint density at radius 1 is 1.29 bits per heavy atom. The number of esters is 1. The first-order valence-corrected chi connectivity index (χ1v) is 8.93. The maximum Gasteiger partial charge on any atom is 0.339 e. The largest absolute Gasteiger partial charge is 0.465 e. The van der Waals surface area contributed by atoms with E-state index >= 15 is 0 Å². The van der Waals surface area contributed by atoms with Crippen LogP contribution in [0.5, 0.6) is 0 Å². The second kappa shape index (κ2) is 7.75. The standard InChI is InChI=1S/C21H19ClN4O2/c1-12-18(9-23)20(14-4-6-16(24)7-5-14)13(2)26(12)11-19-17(21(27)28-3)8-15(22)10-25-19/h4-8,10H,11,24H2,1-3H3. The lowest BCUT2D eigenvalue weighted by molar-refractivity contribution is 0.0598. The molecule has 0 unspecified atom stereocenters. The van der Waals surface area contributed by atoms with E-state index in [9.17, 15) is 10.1 Å². The number of nitrogen functional groups attached to an aromatic ring is 1. The van der Waals surface area contributed by atoms with E-state index in [1.54, 1.807) is 12.1 Å². The fraction of sp³-hybridized carbons (Fsp3) is 0.190. The van der Waals surface area contributed by atoms with Crippen LogP contribution in [0, 0.1) is 25.2 Å². The van der Waals surface area contributed by atoms with Crippen molar-refractivity contribution in [3.05, 3.63) is 69.8 Å². The van der Waals surface area contributed by atoms with Crippen LogP contribution in [0.3, 0.4) is 0 Å². The third-order valence-electron chi connectivity index (χ3n) is 4.74. The van der Waals surface area contributed by atoms with E-state index < -0.39 is 5.97 Å². The van der Waals surface area contributed by atoms with Crippen molar-refractivity contribution in [2.24, 2.45) is 0 Å². The average molecular weight is 395 g/mol. The maximum atomic E-state index is 12.1. The smallest absolute Gasteiger partial charge is 0.339 e. The lowest BCUT2D eigenvalue weighted by atomic mass is 10.0. The summed E-state index contributed by atoms with van der Waals surface area (Å²) in [5.41, 5.74) is 11.3. The van der Waals surface area contributed by atoms with E-state index in [0.717, 1.165) is 22.5 Å². The number of rotatable bonds is 4. The van der Waals surface area contributed by atoms with Crippen molar-refractivity contribution in [3.63, 3.8) is 0 Å². The Morgan fingerprint density at radius 2 is 1.96 bits per heavy atom. The molecule has 6 nitrogen and oxygen atoms in total. The number of hydrogen-bond acceptors (Lipinski definition) is 5. The van der Waals surface area contributed by atoms with Crippen LogP contribution in [0.15, 0.2) is 36.5 Å². The number of nitriles is 1. The highest BCUT2D eigenvalue weighted by Crippen LogP contribution is 2.33. The molecule has 3 aromatic rings. The van der Waals surface area contributed by atoms with E-state index in [2.05, 4.69) is 11.1 Å². The third kappa shape index (κ3) is 3.45. The number of carbonyl (C=O) groups excluding carboxylic acids is 1. The molecular weight excluding hydrogens is 376 g/mol. The van der Waals surface area contributed by atoms with Crippen molar-refractivity contribution < 1.29 is 9.53 Å². The molecule has 0 saturated heterocycles. The molecular formula is C21H19ClN4O2. The molecule has 0 aliphatic heterocycles. The van der Waals surface area contributed by atoms with Crippen LogP contribution in [-0.2, 0) is 11.3 Å². The summed E-state index contributed by atoms with van der Waals surface area (Å²) in [6.45, 7) is 4.12. The lowest BCUT2D eigenvalue weighted by Gasteiger charge is -2.12. The number of aromatic nitrogens is 2. The van der Waals surface area contributed by atoms with Crippen molar-refractivity contribution in [2.75, 3.05) is 12.8 Å². The van der Waals surface area contributed by atoms with Crippen LogP contribution in [0.2, 0.25) is 5.02 Å². The number of halogens is 1. The highest BCUT2D eigenvalue weighted by atomic mass is 35.5. The molecule has 0 amide bonds. The fourth-order valence-corrected chi connectivity index (χ4v) is 3.45. The van der Waals surface area contributed by atoms with Gasteiger partial charge in [0.1, 0.15) is 6.07 Å². The van der Waals surface area contributed by atoms with Crippen molar-refractivity contribution in [1.29, 1.82) is 5.26 Å². The number of anilines is 1. The number of hydrogen-bond donors (Lipinski definition) is 1. The number of benzene rings is 1. The monoisotopic (exact) mass is 394 g/mol. The summed E-state index contributed by atoms with van der Waals surface area (Å²) in [6.07, 6.45) is 1.49. The molecule has 142 valence electrons. The van der Waals surface area contributed by atoms with Gasteiger partial charge in [-0.25, -0.2) is 4.79 Å². The summed E-state index contributed by atoms with van der Waals surface area (Å²) in [6, 6.07) is 11.2.